The minimum Gasteiger partial charge on any atom is -0.494 e. The van der Waals surface area contributed by atoms with Crippen LogP contribution in [0.4, 0.5) is 0 Å². The van der Waals surface area contributed by atoms with Crippen LogP contribution in [-0.2, 0) is 12.8 Å². The van der Waals surface area contributed by atoms with Crippen molar-refractivity contribution in [2.75, 3.05) is 7.11 Å². The number of oxazole rings is 1. The molecule has 0 radical (unpaired) electrons. The zero-order valence-electron chi connectivity index (χ0n) is 12.4. The number of hydrogen-bond donors (Lipinski definition) is 0. The number of nitrogens with zero attached hydrogens (tertiary/aromatic N) is 4. The fourth-order valence-electron chi connectivity index (χ4n) is 2.10. The van der Waals surface area contributed by atoms with E-state index in [1.54, 1.807) is 31.8 Å². The van der Waals surface area contributed by atoms with Crippen molar-refractivity contribution in [2.24, 2.45) is 0 Å². The van der Waals surface area contributed by atoms with Crippen molar-refractivity contribution in [3.63, 3.8) is 0 Å². The van der Waals surface area contributed by atoms with Gasteiger partial charge in [0.15, 0.2) is 5.89 Å². The average Bonchev–Trinajstić information content (AvgIpc) is 3.17. The van der Waals surface area contributed by atoms with Crippen LogP contribution >= 0.6 is 0 Å². The van der Waals surface area contributed by atoms with Crippen molar-refractivity contribution in [1.82, 2.24) is 20.1 Å². The number of hydrogen-bond acceptors (Lipinski definition) is 7. The average molecular weight is 300 g/mol. The zero-order valence-corrected chi connectivity index (χ0v) is 12.4. The molecular formula is C15H16N4O3. The first-order valence-electron chi connectivity index (χ1n) is 6.98. The smallest absolute Gasteiger partial charge is 0.226 e. The maximum Gasteiger partial charge on any atom is 0.226 e. The van der Waals surface area contributed by atoms with Gasteiger partial charge in [-0.2, -0.15) is 4.98 Å². The molecule has 0 spiro atoms. The number of pyridine rings is 1. The number of aromatic nitrogens is 4. The van der Waals surface area contributed by atoms with Crippen LogP contribution in [0.2, 0.25) is 0 Å². The molecule has 0 amide bonds. The Labute approximate surface area is 127 Å². The molecule has 0 atom stereocenters. The fraction of sp³-hybridized carbons (Fsp3) is 0.333. The maximum absolute atomic E-state index is 5.43. The van der Waals surface area contributed by atoms with Crippen LogP contribution in [0.3, 0.4) is 0 Å². The summed E-state index contributed by atoms with van der Waals surface area (Å²) in [6.07, 6.45) is 7.24. The van der Waals surface area contributed by atoms with Crippen molar-refractivity contribution in [3.05, 3.63) is 42.2 Å². The third-order valence-corrected chi connectivity index (χ3v) is 3.16. The van der Waals surface area contributed by atoms with Gasteiger partial charge in [0, 0.05) is 19.0 Å². The number of methoxy groups -OCH3 is 1. The Kier molecular flexibility index (Phi) is 4.13. The van der Waals surface area contributed by atoms with E-state index < -0.39 is 0 Å². The summed E-state index contributed by atoms with van der Waals surface area (Å²) in [5.74, 6) is 3.25. The monoisotopic (exact) mass is 300 g/mol. The lowest BCUT2D eigenvalue weighted by molar-refractivity contribution is 0.372. The Balaban J connectivity index is 1.64. The second-order valence-corrected chi connectivity index (χ2v) is 4.81. The molecule has 3 rings (SSSR count). The van der Waals surface area contributed by atoms with E-state index in [9.17, 15) is 0 Å². The summed E-state index contributed by atoms with van der Waals surface area (Å²) in [5.41, 5.74) is 0.760. The minimum atomic E-state index is 0.501. The molecule has 7 heteroatoms. The highest BCUT2D eigenvalue weighted by Crippen LogP contribution is 2.26. The van der Waals surface area contributed by atoms with Crippen molar-refractivity contribution in [3.8, 4) is 17.1 Å². The molecule has 0 bridgehead atoms. The molecule has 3 heterocycles. The van der Waals surface area contributed by atoms with Crippen LogP contribution in [-0.4, -0.2) is 27.2 Å². The van der Waals surface area contributed by atoms with Crippen molar-refractivity contribution in [1.29, 1.82) is 0 Å². The number of rotatable bonds is 6. The molecule has 0 aliphatic carbocycles. The lowest BCUT2D eigenvalue weighted by Gasteiger charge is -2.02. The first kappa shape index (κ1) is 14.2. The Hall–Kier alpha value is -2.70. The molecule has 0 unspecified atom stereocenters. The summed E-state index contributed by atoms with van der Waals surface area (Å²) in [6.45, 7) is 1.88. The number of aryl methyl sites for hydroxylation is 3. The summed E-state index contributed by atoms with van der Waals surface area (Å²) in [4.78, 5) is 12.6. The zero-order chi connectivity index (χ0) is 15.4. The van der Waals surface area contributed by atoms with Gasteiger partial charge in [0.1, 0.15) is 11.5 Å². The van der Waals surface area contributed by atoms with E-state index in [0.717, 1.165) is 30.1 Å². The Morgan fingerprint density at radius 1 is 1.18 bits per heavy atom. The van der Waals surface area contributed by atoms with Crippen molar-refractivity contribution < 1.29 is 13.7 Å². The molecule has 0 aromatic carbocycles. The van der Waals surface area contributed by atoms with Gasteiger partial charge in [-0.25, -0.2) is 4.98 Å². The highest BCUT2D eigenvalue weighted by atomic mass is 16.5. The summed E-state index contributed by atoms with van der Waals surface area (Å²) in [6, 6.07) is 1.79. The minimum absolute atomic E-state index is 0.501. The molecule has 0 saturated heterocycles. The summed E-state index contributed by atoms with van der Waals surface area (Å²) in [5, 5.41) is 3.99. The first-order valence-corrected chi connectivity index (χ1v) is 6.98. The van der Waals surface area contributed by atoms with Gasteiger partial charge in [-0.05, 0) is 19.4 Å². The maximum atomic E-state index is 5.43. The van der Waals surface area contributed by atoms with E-state index in [0.29, 0.717) is 23.9 Å². The van der Waals surface area contributed by atoms with Gasteiger partial charge in [-0.15, -0.1) is 0 Å². The van der Waals surface area contributed by atoms with Gasteiger partial charge in [0.25, 0.3) is 0 Å². The SMILES string of the molecule is COc1cnccc1-c1noc(CCCc2ncc(C)o2)n1. The second-order valence-electron chi connectivity index (χ2n) is 4.81. The molecule has 3 aromatic heterocycles. The fourth-order valence-corrected chi connectivity index (χ4v) is 2.10. The van der Waals surface area contributed by atoms with Gasteiger partial charge in [-0.1, -0.05) is 5.16 Å². The quantitative estimate of drug-likeness (QED) is 0.691. The third-order valence-electron chi connectivity index (χ3n) is 3.16. The molecule has 22 heavy (non-hydrogen) atoms. The third kappa shape index (κ3) is 3.13. The van der Waals surface area contributed by atoms with Gasteiger partial charge in [0.05, 0.1) is 25.1 Å². The summed E-state index contributed by atoms with van der Waals surface area (Å²) in [7, 11) is 1.58. The highest BCUT2D eigenvalue weighted by molar-refractivity contribution is 5.62. The summed E-state index contributed by atoms with van der Waals surface area (Å²) < 4.78 is 15.9. The van der Waals surface area contributed by atoms with Crippen LogP contribution < -0.4 is 4.74 Å². The lowest BCUT2D eigenvalue weighted by atomic mass is 10.2. The molecule has 0 saturated carbocycles. The highest BCUT2D eigenvalue weighted by Gasteiger charge is 2.13. The van der Waals surface area contributed by atoms with E-state index in [1.807, 2.05) is 6.92 Å². The molecule has 0 aliphatic heterocycles. The van der Waals surface area contributed by atoms with Gasteiger partial charge in [0.2, 0.25) is 11.7 Å². The predicted molar refractivity (Wildman–Crippen MR) is 77.3 cm³/mol. The van der Waals surface area contributed by atoms with E-state index in [4.69, 9.17) is 13.7 Å². The standard InChI is InChI=1S/C15H16N4O3/c1-10-8-17-13(21-10)4-3-5-14-18-15(19-22-14)11-6-7-16-9-12(11)20-2/h6-9H,3-5H2,1-2H3. The second kappa shape index (κ2) is 6.38. The molecule has 7 nitrogen and oxygen atoms in total. The van der Waals surface area contributed by atoms with E-state index in [1.165, 1.54) is 0 Å². The first-order chi connectivity index (χ1) is 10.8. The normalized spacial score (nSPS) is 10.8. The van der Waals surface area contributed by atoms with Crippen molar-refractivity contribution in [2.45, 2.75) is 26.2 Å². The van der Waals surface area contributed by atoms with Gasteiger partial charge < -0.3 is 13.7 Å². The van der Waals surface area contributed by atoms with Gasteiger partial charge >= 0.3 is 0 Å². The van der Waals surface area contributed by atoms with Crippen LogP contribution in [0.1, 0.15) is 24.0 Å². The molecule has 3 aromatic rings. The predicted octanol–water partition coefficient (Wildman–Crippen LogP) is 2.61. The summed E-state index contributed by atoms with van der Waals surface area (Å²) >= 11 is 0. The Bertz CT molecular complexity index is 751. The largest absolute Gasteiger partial charge is 0.494 e. The van der Waals surface area contributed by atoms with E-state index >= 15 is 0 Å². The van der Waals surface area contributed by atoms with E-state index in [2.05, 4.69) is 20.1 Å². The van der Waals surface area contributed by atoms with Crippen LogP contribution in [0, 0.1) is 6.92 Å². The molecule has 114 valence electrons. The molecular weight excluding hydrogens is 284 g/mol. The molecule has 0 aliphatic rings. The van der Waals surface area contributed by atoms with Crippen LogP contribution in [0.25, 0.3) is 11.4 Å². The Morgan fingerprint density at radius 2 is 2.05 bits per heavy atom. The topological polar surface area (TPSA) is 87.1 Å². The van der Waals surface area contributed by atoms with E-state index in [-0.39, 0.29) is 0 Å². The van der Waals surface area contributed by atoms with Gasteiger partial charge in [-0.3, -0.25) is 4.98 Å². The molecule has 0 fully saturated rings. The van der Waals surface area contributed by atoms with Crippen LogP contribution in [0.5, 0.6) is 5.75 Å². The number of ether oxygens (including phenoxy) is 1. The van der Waals surface area contributed by atoms with Crippen molar-refractivity contribution >= 4 is 0 Å². The molecule has 0 N–H and O–H groups in total. The van der Waals surface area contributed by atoms with Crippen LogP contribution in [0.15, 0.2) is 33.6 Å². The Morgan fingerprint density at radius 3 is 2.82 bits per heavy atom. The lowest BCUT2D eigenvalue weighted by Crippen LogP contribution is -1.92.